The quantitative estimate of drug-likeness (QED) is 0.756. The summed E-state index contributed by atoms with van der Waals surface area (Å²) in [6, 6.07) is 5.16. The molecule has 1 aliphatic carbocycles. The topological polar surface area (TPSA) is 12.0 Å². The Balaban J connectivity index is 1.82. The summed E-state index contributed by atoms with van der Waals surface area (Å²) in [6.45, 7) is 12.5. The first kappa shape index (κ1) is 16.5. The Hall–Kier alpha value is -0.820. The zero-order valence-corrected chi connectivity index (χ0v) is 14.6. The fourth-order valence-electron chi connectivity index (χ4n) is 3.68. The Bertz CT molecular complexity index is 455. The third-order valence-electron chi connectivity index (χ3n) is 5.49. The normalized spacial score (nSPS) is 24.0. The van der Waals surface area contributed by atoms with Crippen LogP contribution in [0.3, 0.4) is 0 Å². The first-order valence-electron chi connectivity index (χ1n) is 8.78. The van der Waals surface area contributed by atoms with Crippen molar-refractivity contribution >= 4 is 0 Å². The van der Waals surface area contributed by atoms with E-state index in [1.165, 1.54) is 54.4 Å². The number of hydrogen-bond donors (Lipinski definition) is 1. The summed E-state index contributed by atoms with van der Waals surface area (Å²) in [7, 11) is 0. The van der Waals surface area contributed by atoms with Crippen molar-refractivity contribution in [1.82, 2.24) is 5.32 Å². The van der Waals surface area contributed by atoms with Gasteiger partial charge in [-0.15, -0.1) is 0 Å². The van der Waals surface area contributed by atoms with Crippen LogP contribution in [0.4, 0.5) is 0 Å². The number of rotatable bonds is 5. The fourth-order valence-corrected chi connectivity index (χ4v) is 3.68. The van der Waals surface area contributed by atoms with E-state index in [1.54, 1.807) is 0 Å². The minimum Gasteiger partial charge on any atom is -0.310 e. The van der Waals surface area contributed by atoms with Crippen molar-refractivity contribution in [2.24, 2.45) is 11.8 Å². The summed E-state index contributed by atoms with van der Waals surface area (Å²) in [5.41, 5.74) is 5.70. The van der Waals surface area contributed by atoms with Gasteiger partial charge >= 0.3 is 0 Å². The van der Waals surface area contributed by atoms with Crippen LogP contribution in [0.15, 0.2) is 12.1 Å². The second-order valence-corrected chi connectivity index (χ2v) is 7.38. The second kappa shape index (κ2) is 7.45. The maximum Gasteiger partial charge on any atom is 0.0294 e. The molecule has 1 nitrogen and oxygen atoms in total. The molecule has 1 N–H and O–H groups in total. The second-order valence-electron chi connectivity index (χ2n) is 7.38. The van der Waals surface area contributed by atoms with Gasteiger partial charge in [0.25, 0.3) is 0 Å². The van der Waals surface area contributed by atoms with Gasteiger partial charge < -0.3 is 5.32 Å². The van der Waals surface area contributed by atoms with E-state index in [-0.39, 0.29) is 0 Å². The third kappa shape index (κ3) is 4.57. The molecule has 2 rings (SSSR count). The van der Waals surface area contributed by atoms with Crippen LogP contribution >= 0.6 is 0 Å². The molecule has 21 heavy (non-hydrogen) atoms. The zero-order chi connectivity index (χ0) is 15.4. The highest BCUT2D eigenvalue weighted by atomic mass is 14.9. The van der Waals surface area contributed by atoms with Crippen LogP contribution in [0.1, 0.15) is 74.2 Å². The smallest absolute Gasteiger partial charge is 0.0294 e. The van der Waals surface area contributed by atoms with Gasteiger partial charge in [0.1, 0.15) is 0 Å². The van der Waals surface area contributed by atoms with Crippen LogP contribution < -0.4 is 5.32 Å². The van der Waals surface area contributed by atoms with Gasteiger partial charge in [-0.2, -0.15) is 0 Å². The zero-order valence-electron chi connectivity index (χ0n) is 14.6. The highest BCUT2D eigenvalue weighted by Gasteiger charge is 2.18. The molecule has 0 radical (unpaired) electrons. The summed E-state index contributed by atoms with van der Waals surface area (Å²) in [6.07, 6.45) is 7.12. The number of hydrogen-bond acceptors (Lipinski definition) is 1. The molecule has 1 aromatic rings. The minimum atomic E-state index is 0.465. The molecule has 118 valence electrons. The lowest BCUT2D eigenvalue weighted by molar-refractivity contribution is 0.273. The first-order valence-corrected chi connectivity index (χ1v) is 8.78. The maximum absolute atomic E-state index is 3.74. The predicted molar refractivity (Wildman–Crippen MR) is 92.8 cm³/mol. The minimum absolute atomic E-state index is 0.465. The Labute approximate surface area is 131 Å². The van der Waals surface area contributed by atoms with E-state index in [0.29, 0.717) is 6.04 Å². The highest BCUT2D eigenvalue weighted by molar-refractivity contribution is 5.37. The van der Waals surface area contributed by atoms with Crippen LogP contribution in [0.25, 0.3) is 0 Å². The molecule has 0 heterocycles. The molecule has 0 bridgehead atoms. The van der Waals surface area contributed by atoms with Gasteiger partial charge in [0.05, 0.1) is 0 Å². The average molecular weight is 287 g/mol. The van der Waals surface area contributed by atoms with E-state index in [9.17, 15) is 0 Å². The van der Waals surface area contributed by atoms with Crippen LogP contribution in [0.5, 0.6) is 0 Å². The van der Waals surface area contributed by atoms with E-state index in [0.717, 1.165) is 18.4 Å². The van der Waals surface area contributed by atoms with Crippen LogP contribution in [-0.2, 0) is 0 Å². The monoisotopic (exact) mass is 287 g/mol. The number of nitrogens with one attached hydrogen (secondary N) is 1. The standard InChI is InChI=1S/C20H33N/c1-14-6-8-19(9-7-14)10-11-21-18(5)20-13-16(3)15(2)12-17(20)4/h12-14,18-19,21H,6-11H2,1-5H3. The van der Waals surface area contributed by atoms with Crippen LogP contribution in [-0.4, -0.2) is 6.54 Å². The van der Waals surface area contributed by atoms with Crippen molar-refractivity contribution in [3.05, 3.63) is 34.4 Å². The molecule has 1 saturated carbocycles. The Morgan fingerprint density at radius 1 is 1.00 bits per heavy atom. The van der Waals surface area contributed by atoms with Gasteiger partial charge in [-0.25, -0.2) is 0 Å². The Morgan fingerprint density at radius 2 is 1.62 bits per heavy atom. The van der Waals surface area contributed by atoms with Crippen molar-refractivity contribution in [2.75, 3.05) is 6.54 Å². The van der Waals surface area contributed by atoms with Gasteiger partial charge in [-0.3, -0.25) is 0 Å². The molecule has 1 heteroatoms. The average Bonchev–Trinajstić information content (AvgIpc) is 2.45. The Morgan fingerprint density at radius 3 is 2.29 bits per heavy atom. The van der Waals surface area contributed by atoms with Gasteiger partial charge in [0.2, 0.25) is 0 Å². The van der Waals surface area contributed by atoms with E-state index in [4.69, 9.17) is 0 Å². The predicted octanol–water partition coefficient (Wildman–Crippen LogP) is 5.48. The molecule has 1 atom stereocenters. The van der Waals surface area contributed by atoms with Crippen molar-refractivity contribution in [3.8, 4) is 0 Å². The molecule has 1 unspecified atom stereocenters. The molecule has 0 saturated heterocycles. The molecule has 0 spiro atoms. The van der Waals surface area contributed by atoms with Crippen LogP contribution in [0.2, 0.25) is 0 Å². The van der Waals surface area contributed by atoms with Gasteiger partial charge in [0, 0.05) is 6.04 Å². The van der Waals surface area contributed by atoms with Crippen LogP contribution in [0, 0.1) is 32.6 Å². The van der Waals surface area contributed by atoms with E-state index < -0.39 is 0 Å². The highest BCUT2D eigenvalue weighted by Crippen LogP contribution is 2.30. The maximum atomic E-state index is 3.74. The fraction of sp³-hybridized carbons (Fsp3) is 0.700. The van der Waals surface area contributed by atoms with Crippen molar-refractivity contribution in [1.29, 1.82) is 0 Å². The van der Waals surface area contributed by atoms with Gasteiger partial charge in [-0.05, 0) is 74.8 Å². The molecular formula is C20H33N. The Kier molecular flexibility index (Phi) is 5.87. The lowest BCUT2D eigenvalue weighted by Gasteiger charge is -2.27. The van der Waals surface area contributed by atoms with Crippen molar-refractivity contribution in [3.63, 3.8) is 0 Å². The summed E-state index contributed by atoms with van der Waals surface area (Å²) in [4.78, 5) is 0. The van der Waals surface area contributed by atoms with Crippen molar-refractivity contribution in [2.45, 2.75) is 72.8 Å². The lowest BCUT2D eigenvalue weighted by atomic mass is 9.81. The molecular weight excluding hydrogens is 254 g/mol. The van der Waals surface area contributed by atoms with E-state index in [1.807, 2.05) is 0 Å². The molecule has 0 amide bonds. The van der Waals surface area contributed by atoms with Gasteiger partial charge in [-0.1, -0.05) is 44.7 Å². The first-order chi connectivity index (χ1) is 9.97. The van der Waals surface area contributed by atoms with E-state index in [2.05, 4.69) is 52.1 Å². The summed E-state index contributed by atoms with van der Waals surface area (Å²) in [5, 5.41) is 3.74. The molecule has 0 aliphatic heterocycles. The lowest BCUT2D eigenvalue weighted by Crippen LogP contribution is -2.24. The summed E-state index contributed by atoms with van der Waals surface area (Å²) < 4.78 is 0. The third-order valence-corrected chi connectivity index (χ3v) is 5.49. The molecule has 1 aliphatic rings. The van der Waals surface area contributed by atoms with Crippen molar-refractivity contribution < 1.29 is 0 Å². The van der Waals surface area contributed by atoms with Gasteiger partial charge in [0.15, 0.2) is 0 Å². The molecule has 1 fully saturated rings. The number of benzene rings is 1. The SMILES string of the molecule is Cc1cc(C)c(C(C)NCCC2CCC(C)CC2)cc1C. The molecule has 1 aromatic carbocycles. The van der Waals surface area contributed by atoms with E-state index >= 15 is 0 Å². The summed E-state index contributed by atoms with van der Waals surface area (Å²) >= 11 is 0. The largest absolute Gasteiger partial charge is 0.310 e. The molecule has 0 aromatic heterocycles. The number of aryl methyl sites for hydroxylation is 3. The summed E-state index contributed by atoms with van der Waals surface area (Å²) in [5.74, 6) is 1.92.